The molecule has 0 atom stereocenters. The van der Waals surface area contributed by atoms with Crippen molar-refractivity contribution in [2.24, 2.45) is 5.92 Å². The SMILES string of the molecule is Cc1ccc(C2=CC=C(C3CC(C)(c4ccc(-c5ccc(C6CC(C)(c7ccc(-c8ccc(C)cc8)cc7)C6)cc5)cc4)C3)CC2)cc1. The van der Waals surface area contributed by atoms with E-state index in [2.05, 4.69) is 161 Å². The maximum Gasteiger partial charge on any atom is -0.00636 e. The average molecular weight is 625 g/mol. The Morgan fingerprint density at radius 1 is 0.417 bits per heavy atom. The van der Waals surface area contributed by atoms with Gasteiger partial charge in [-0.1, -0.05) is 164 Å². The van der Waals surface area contributed by atoms with E-state index in [9.17, 15) is 0 Å². The van der Waals surface area contributed by atoms with Crippen LogP contribution in [0.15, 0.2) is 139 Å². The van der Waals surface area contributed by atoms with Crippen LogP contribution in [0.3, 0.4) is 0 Å². The molecule has 3 aliphatic rings. The quantitative estimate of drug-likeness (QED) is 0.169. The van der Waals surface area contributed by atoms with Gasteiger partial charge < -0.3 is 0 Å². The molecule has 240 valence electrons. The Balaban J connectivity index is 0.864. The molecule has 0 nitrogen and oxygen atoms in total. The number of hydrogen-bond donors (Lipinski definition) is 0. The van der Waals surface area contributed by atoms with Gasteiger partial charge in [0.2, 0.25) is 0 Å². The highest BCUT2D eigenvalue weighted by Gasteiger charge is 2.43. The van der Waals surface area contributed by atoms with Crippen LogP contribution in [0.25, 0.3) is 27.8 Å². The molecule has 0 unspecified atom stereocenters. The van der Waals surface area contributed by atoms with Crippen molar-refractivity contribution in [3.8, 4) is 22.3 Å². The van der Waals surface area contributed by atoms with E-state index < -0.39 is 0 Å². The van der Waals surface area contributed by atoms with Crippen molar-refractivity contribution >= 4 is 5.57 Å². The summed E-state index contributed by atoms with van der Waals surface area (Å²) in [6.07, 6.45) is 12.1. The highest BCUT2D eigenvalue weighted by atomic mass is 14.5. The molecule has 0 spiro atoms. The maximum absolute atomic E-state index is 2.47. The van der Waals surface area contributed by atoms with Gasteiger partial charge in [0.1, 0.15) is 0 Å². The fourth-order valence-electron chi connectivity index (χ4n) is 8.85. The third-order valence-corrected chi connectivity index (χ3v) is 12.2. The molecule has 0 heterocycles. The smallest absolute Gasteiger partial charge is 0.00636 e. The van der Waals surface area contributed by atoms with E-state index in [4.69, 9.17) is 0 Å². The molecule has 0 N–H and O–H groups in total. The summed E-state index contributed by atoms with van der Waals surface area (Å²) in [5.41, 5.74) is 17.4. The zero-order chi connectivity index (χ0) is 32.9. The normalized spacial score (nSPS) is 25.0. The summed E-state index contributed by atoms with van der Waals surface area (Å²) in [5, 5.41) is 0. The second kappa shape index (κ2) is 12.2. The summed E-state index contributed by atoms with van der Waals surface area (Å²) in [6.45, 7) is 9.21. The molecule has 2 saturated carbocycles. The number of rotatable bonds is 7. The standard InChI is InChI=1S/C48H48/c1-33-5-9-35(10-6-33)37-13-17-41(18-14-37)43-29-48(4,30-43)46-27-23-40(24-28-46)38-15-19-42(20-16-38)44-31-47(3,32-44)45-25-21-39(22-26-45)36-11-7-34(2)8-12-36/h5-13,15-17,19-28,43-44H,14,18,29-32H2,1-4H3. The van der Waals surface area contributed by atoms with Gasteiger partial charge >= 0.3 is 0 Å². The molecule has 0 heteroatoms. The molecular weight excluding hydrogens is 577 g/mol. The van der Waals surface area contributed by atoms with Crippen LogP contribution in [-0.2, 0) is 10.8 Å². The Hall–Kier alpha value is -4.42. The second-order valence-corrected chi connectivity index (χ2v) is 15.8. The van der Waals surface area contributed by atoms with Gasteiger partial charge in [0.15, 0.2) is 0 Å². The molecule has 8 rings (SSSR count). The highest BCUT2D eigenvalue weighted by molar-refractivity contribution is 5.69. The van der Waals surface area contributed by atoms with Crippen molar-refractivity contribution in [2.45, 2.75) is 83.0 Å². The predicted molar refractivity (Wildman–Crippen MR) is 204 cm³/mol. The van der Waals surface area contributed by atoms with Crippen molar-refractivity contribution in [3.05, 3.63) is 172 Å². The van der Waals surface area contributed by atoms with E-state index in [0.29, 0.717) is 5.92 Å². The summed E-state index contributed by atoms with van der Waals surface area (Å²) in [5.74, 6) is 1.36. The minimum absolute atomic E-state index is 0.260. The summed E-state index contributed by atoms with van der Waals surface area (Å²) in [6, 6.07) is 46.1. The zero-order valence-electron chi connectivity index (χ0n) is 29.1. The van der Waals surface area contributed by atoms with Gasteiger partial charge in [0.05, 0.1) is 0 Å². The van der Waals surface area contributed by atoms with Gasteiger partial charge in [-0.2, -0.15) is 0 Å². The first kappa shape index (κ1) is 30.9. The van der Waals surface area contributed by atoms with Crippen molar-refractivity contribution in [1.82, 2.24) is 0 Å². The minimum Gasteiger partial charge on any atom is -0.0667 e. The van der Waals surface area contributed by atoms with Crippen molar-refractivity contribution in [1.29, 1.82) is 0 Å². The van der Waals surface area contributed by atoms with E-state index in [-0.39, 0.29) is 10.8 Å². The molecule has 0 amide bonds. The Labute approximate surface area is 288 Å². The van der Waals surface area contributed by atoms with Crippen LogP contribution in [-0.4, -0.2) is 0 Å². The van der Waals surface area contributed by atoms with Gasteiger partial charge in [-0.05, 0) is 125 Å². The predicted octanol–water partition coefficient (Wildman–Crippen LogP) is 12.9. The monoisotopic (exact) mass is 624 g/mol. The molecule has 3 aliphatic carbocycles. The number of allylic oxidation sites excluding steroid dienone is 4. The van der Waals surface area contributed by atoms with Crippen LogP contribution < -0.4 is 0 Å². The van der Waals surface area contributed by atoms with Gasteiger partial charge in [0.25, 0.3) is 0 Å². The molecule has 5 aromatic rings. The third kappa shape index (κ3) is 5.92. The maximum atomic E-state index is 2.47. The molecular formula is C48H48. The topological polar surface area (TPSA) is 0 Å². The Morgan fingerprint density at radius 3 is 1.25 bits per heavy atom. The van der Waals surface area contributed by atoms with Crippen LogP contribution in [0.1, 0.15) is 91.7 Å². The largest absolute Gasteiger partial charge is 0.0667 e. The van der Waals surface area contributed by atoms with E-state index in [0.717, 1.165) is 5.92 Å². The van der Waals surface area contributed by atoms with Crippen molar-refractivity contribution in [2.75, 3.05) is 0 Å². The van der Waals surface area contributed by atoms with Gasteiger partial charge in [-0.15, -0.1) is 0 Å². The van der Waals surface area contributed by atoms with Crippen molar-refractivity contribution < 1.29 is 0 Å². The summed E-state index contributed by atoms with van der Waals surface area (Å²) >= 11 is 0. The van der Waals surface area contributed by atoms with Crippen molar-refractivity contribution in [3.63, 3.8) is 0 Å². The molecule has 0 radical (unpaired) electrons. The highest BCUT2D eigenvalue weighted by Crippen LogP contribution is 2.54. The van der Waals surface area contributed by atoms with Crippen LogP contribution >= 0.6 is 0 Å². The summed E-state index contributed by atoms with van der Waals surface area (Å²) in [7, 11) is 0. The second-order valence-electron chi connectivity index (χ2n) is 15.8. The molecule has 0 bridgehead atoms. The summed E-state index contributed by atoms with van der Waals surface area (Å²) < 4.78 is 0. The molecule has 5 aromatic carbocycles. The Kier molecular flexibility index (Phi) is 7.87. The zero-order valence-corrected chi connectivity index (χ0v) is 29.1. The first-order valence-electron chi connectivity index (χ1n) is 18.1. The lowest BCUT2D eigenvalue weighted by Gasteiger charge is -2.47. The van der Waals surface area contributed by atoms with Gasteiger partial charge in [0, 0.05) is 0 Å². The molecule has 0 aromatic heterocycles. The molecule has 48 heavy (non-hydrogen) atoms. The van der Waals surface area contributed by atoms with Crippen LogP contribution in [0.2, 0.25) is 0 Å². The average Bonchev–Trinajstić information content (AvgIpc) is 3.10. The number of aryl methyl sites for hydroxylation is 2. The van der Waals surface area contributed by atoms with Crippen LogP contribution in [0.4, 0.5) is 0 Å². The van der Waals surface area contributed by atoms with E-state index in [1.807, 2.05) is 0 Å². The van der Waals surface area contributed by atoms with Gasteiger partial charge in [-0.25, -0.2) is 0 Å². The van der Waals surface area contributed by atoms with E-state index >= 15 is 0 Å². The van der Waals surface area contributed by atoms with E-state index in [1.165, 1.54) is 99.7 Å². The first-order valence-corrected chi connectivity index (χ1v) is 18.1. The minimum atomic E-state index is 0.260. The molecule has 0 saturated heterocycles. The lowest BCUT2D eigenvalue weighted by atomic mass is 9.57. The summed E-state index contributed by atoms with van der Waals surface area (Å²) in [4.78, 5) is 0. The van der Waals surface area contributed by atoms with Crippen LogP contribution in [0, 0.1) is 19.8 Å². The fraction of sp³-hybridized carbons (Fsp3) is 0.292. The lowest BCUT2D eigenvalue weighted by molar-refractivity contribution is 0.188. The van der Waals surface area contributed by atoms with Gasteiger partial charge in [-0.3, -0.25) is 0 Å². The van der Waals surface area contributed by atoms with Crippen LogP contribution in [0.5, 0.6) is 0 Å². The number of benzene rings is 5. The molecule has 0 aliphatic heterocycles. The third-order valence-electron chi connectivity index (χ3n) is 12.2. The molecule has 2 fully saturated rings. The fourth-order valence-corrected chi connectivity index (χ4v) is 8.85. The number of hydrogen-bond acceptors (Lipinski definition) is 0. The Morgan fingerprint density at radius 2 is 0.812 bits per heavy atom. The first-order chi connectivity index (χ1) is 23.2. The lowest BCUT2D eigenvalue weighted by Crippen LogP contribution is -2.39. The Bertz CT molecular complexity index is 1950. The van der Waals surface area contributed by atoms with E-state index in [1.54, 1.807) is 5.57 Å².